The van der Waals surface area contributed by atoms with E-state index in [1.54, 1.807) is 28.7 Å². The number of esters is 1. The van der Waals surface area contributed by atoms with E-state index in [0.29, 0.717) is 31.9 Å². The molecular weight excluding hydrogens is 408 g/mol. The third-order valence-electron chi connectivity index (χ3n) is 4.83. The Hall–Kier alpha value is -2.26. The van der Waals surface area contributed by atoms with Gasteiger partial charge in [-0.05, 0) is 24.0 Å². The molecule has 1 aliphatic heterocycles. The van der Waals surface area contributed by atoms with Crippen molar-refractivity contribution in [2.75, 3.05) is 52.4 Å². The van der Waals surface area contributed by atoms with Gasteiger partial charge in [-0.2, -0.15) is 11.8 Å². The topological polar surface area (TPSA) is 85.4 Å². The minimum absolute atomic E-state index is 0.00654. The predicted octanol–water partition coefficient (Wildman–Crippen LogP) is 1.57. The highest BCUT2D eigenvalue weighted by Gasteiger charge is 2.30. The number of benzene rings is 1. The lowest BCUT2D eigenvalue weighted by atomic mass is 10.2. The number of carbonyl (C=O) groups is 3. The van der Waals surface area contributed by atoms with Crippen molar-refractivity contribution in [1.82, 2.24) is 9.80 Å². The smallest absolute Gasteiger partial charge is 0.307 e. The maximum Gasteiger partial charge on any atom is 0.307 e. The van der Waals surface area contributed by atoms with Crippen molar-refractivity contribution in [2.24, 2.45) is 0 Å². The van der Waals surface area contributed by atoms with Crippen molar-refractivity contribution >= 4 is 29.5 Å². The lowest BCUT2D eigenvalue weighted by Gasteiger charge is -2.24. The maximum atomic E-state index is 12.7. The number of thioether (sulfide) groups is 1. The molecule has 0 bridgehead atoms. The number of amides is 2. The van der Waals surface area contributed by atoms with Gasteiger partial charge in [-0.1, -0.05) is 12.1 Å². The van der Waals surface area contributed by atoms with Crippen molar-refractivity contribution in [3.05, 3.63) is 29.8 Å². The van der Waals surface area contributed by atoms with Crippen molar-refractivity contribution in [2.45, 2.75) is 25.6 Å². The predicted molar refractivity (Wildman–Crippen MR) is 114 cm³/mol. The minimum Gasteiger partial charge on any atom is -0.497 e. The fourth-order valence-corrected chi connectivity index (χ4v) is 3.52. The number of ether oxygens (including phenoxy) is 3. The van der Waals surface area contributed by atoms with Crippen LogP contribution in [0.3, 0.4) is 0 Å². The Bertz CT molecular complexity index is 729. The second-order valence-electron chi connectivity index (χ2n) is 6.97. The first-order valence-corrected chi connectivity index (χ1v) is 11.2. The fraction of sp³-hybridized carbons (Fsp3) is 0.571. The molecule has 0 aromatic heterocycles. The molecule has 1 saturated heterocycles. The Labute approximate surface area is 181 Å². The van der Waals surface area contributed by atoms with Crippen LogP contribution in [-0.2, 0) is 30.5 Å². The summed E-state index contributed by atoms with van der Waals surface area (Å²) in [4.78, 5) is 39.9. The highest BCUT2D eigenvalue weighted by Crippen LogP contribution is 2.16. The van der Waals surface area contributed by atoms with Crippen molar-refractivity contribution in [1.29, 1.82) is 0 Å². The molecular formula is C21H30N2O6S. The number of nitrogens with zero attached hydrogens (tertiary/aromatic N) is 2. The summed E-state index contributed by atoms with van der Waals surface area (Å²) < 4.78 is 16.0. The highest BCUT2D eigenvalue weighted by atomic mass is 32.2. The fourth-order valence-electron chi connectivity index (χ4n) is 3.14. The molecule has 2 rings (SSSR count). The number of rotatable bonds is 10. The molecule has 30 heavy (non-hydrogen) atoms. The molecule has 9 heteroatoms. The number of carbonyl (C=O) groups excluding carboxylic acids is 3. The van der Waals surface area contributed by atoms with Crippen LogP contribution in [0.4, 0.5) is 0 Å². The van der Waals surface area contributed by atoms with Gasteiger partial charge in [-0.3, -0.25) is 14.4 Å². The Balaban J connectivity index is 2.08. The Morgan fingerprint density at radius 2 is 2.00 bits per heavy atom. The molecule has 0 radical (unpaired) electrons. The SMILES string of the molecule is COC(=O)CCN1CC(OCc2cccc(OC)c2)CN(C(=O)CCSC)CC1=O. The standard InChI is InChI=1S/C21H30N2O6S/c1-27-17-6-4-5-16(11-17)15-29-18-12-22(9-7-21(26)28-2)20(25)14-23(13-18)19(24)8-10-30-3/h4-6,11,18H,7-10,12-15H2,1-3H3. The normalized spacial score (nSPS) is 16.9. The van der Waals surface area contributed by atoms with E-state index in [1.807, 2.05) is 30.5 Å². The first-order chi connectivity index (χ1) is 14.5. The molecule has 1 aromatic carbocycles. The summed E-state index contributed by atoms with van der Waals surface area (Å²) >= 11 is 1.59. The van der Waals surface area contributed by atoms with Crippen molar-refractivity contribution in [3.63, 3.8) is 0 Å². The summed E-state index contributed by atoms with van der Waals surface area (Å²) in [5, 5.41) is 0. The molecule has 166 valence electrons. The van der Waals surface area contributed by atoms with Gasteiger partial charge in [-0.25, -0.2) is 0 Å². The average molecular weight is 439 g/mol. The van der Waals surface area contributed by atoms with Gasteiger partial charge in [0.1, 0.15) is 5.75 Å². The van der Waals surface area contributed by atoms with Gasteiger partial charge in [0.05, 0.1) is 39.9 Å². The second kappa shape index (κ2) is 12.4. The molecule has 1 fully saturated rings. The summed E-state index contributed by atoms with van der Waals surface area (Å²) in [6, 6.07) is 7.56. The van der Waals surface area contributed by atoms with Crippen LogP contribution >= 0.6 is 11.8 Å². The second-order valence-corrected chi connectivity index (χ2v) is 7.95. The first kappa shape index (κ1) is 24.0. The molecule has 0 spiro atoms. The van der Waals surface area contributed by atoms with Crippen LogP contribution in [0.5, 0.6) is 5.75 Å². The molecule has 1 aromatic rings. The van der Waals surface area contributed by atoms with Crippen molar-refractivity contribution in [3.8, 4) is 5.75 Å². The van der Waals surface area contributed by atoms with Crippen LogP contribution < -0.4 is 4.74 Å². The van der Waals surface area contributed by atoms with E-state index in [2.05, 4.69) is 4.74 Å². The van der Waals surface area contributed by atoms with E-state index in [4.69, 9.17) is 9.47 Å². The van der Waals surface area contributed by atoms with E-state index < -0.39 is 0 Å². The Morgan fingerprint density at radius 1 is 1.20 bits per heavy atom. The number of methoxy groups -OCH3 is 2. The summed E-state index contributed by atoms with van der Waals surface area (Å²) in [7, 11) is 2.92. The van der Waals surface area contributed by atoms with E-state index in [9.17, 15) is 14.4 Å². The molecule has 1 atom stereocenters. The Kier molecular flexibility index (Phi) is 9.96. The lowest BCUT2D eigenvalue weighted by molar-refractivity contribution is -0.142. The molecule has 0 saturated carbocycles. The van der Waals surface area contributed by atoms with Gasteiger partial charge in [0.15, 0.2) is 0 Å². The first-order valence-electron chi connectivity index (χ1n) is 9.82. The molecule has 2 amide bonds. The maximum absolute atomic E-state index is 12.7. The summed E-state index contributed by atoms with van der Waals surface area (Å²) in [5.74, 6) is 0.797. The van der Waals surface area contributed by atoms with Crippen molar-refractivity contribution < 1.29 is 28.6 Å². The quantitative estimate of drug-likeness (QED) is 0.513. The molecule has 1 aliphatic rings. The number of hydrogen-bond acceptors (Lipinski definition) is 7. The van der Waals surface area contributed by atoms with Gasteiger partial charge >= 0.3 is 5.97 Å². The van der Waals surface area contributed by atoms with Crippen LogP contribution in [0.15, 0.2) is 24.3 Å². The van der Waals surface area contributed by atoms with Crippen LogP contribution in [0.25, 0.3) is 0 Å². The zero-order valence-corrected chi connectivity index (χ0v) is 18.6. The monoisotopic (exact) mass is 438 g/mol. The average Bonchev–Trinajstić information content (AvgIpc) is 2.92. The molecule has 1 heterocycles. The molecule has 8 nitrogen and oxygen atoms in total. The molecule has 1 unspecified atom stereocenters. The van der Waals surface area contributed by atoms with Gasteiger partial charge in [0.25, 0.3) is 0 Å². The zero-order chi connectivity index (χ0) is 21.9. The van der Waals surface area contributed by atoms with Gasteiger partial charge in [0, 0.05) is 31.8 Å². The van der Waals surface area contributed by atoms with E-state index in [-0.39, 0.29) is 43.4 Å². The summed E-state index contributed by atoms with van der Waals surface area (Å²) in [5.41, 5.74) is 0.936. The van der Waals surface area contributed by atoms with E-state index in [0.717, 1.165) is 11.3 Å². The third kappa shape index (κ3) is 7.53. The van der Waals surface area contributed by atoms with E-state index in [1.165, 1.54) is 7.11 Å². The largest absolute Gasteiger partial charge is 0.497 e. The minimum atomic E-state index is -0.381. The molecule has 0 aliphatic carbocycles. The Morgan fingerprint density at radius 3 is 2.70 bits per heavy atom. The highest BCUT2D eigenvalue weighted by molar-refractivity contribution is 7.98. The van der Waals surface area contributed by atoms with Crippen LogP contribution in [-0.4, -0.2) is 86.1 Å². The lowest BCUT2D eigenvalue weighted by Crippen LogP contribution is -2.40. The van der Waals surface area contributed by atoms with Crippen LogP contribution in [0.2, 0.25) is 0 Å². The van der Waals surface area contributed by atoms with Gasteiger partial charge < -0.3 is 24.0 Å². The van der Waals surface area contributed by atoms with Crippen LogP contribution in [0.1, 0.15) is 18.4 Å². The third-order valence-corrected chi connectivity index (χ3v) is 5.45. The van der Waals surface area contributed by atoms with Gasteiger partial charge in [-0.15, -0.1) is 0 Å². The van der Waals surface area contributed by atoms with E-state index >= 15 is 0 Å². The summed E-state index contributed by atoms with van der Waals surface area (Å²) in [6.45, 7) is 1.20. The molecule has 0 N–H and O–H groups in total. The number of hydrogen-bond donors (Lipinski definition) is 0. The zero-order valence-electron chi connectivity index (χ0n) is 17.8. The van der Waals surface area contributed by atoms with Gasteiger partial charge in [0.2, 0.25) is 11.8 Å². The summed E-state index contributed by atoms with van der Waals surface area (Å²) in [6.07, 6.45) is 2.05. The van der Waals surface area contributed by atoms with Crippen LogP contribution in [0, 0.1) is 0 Å².